The lowest BCUT2D eigenvalue weighted by Gasteiger charge is -2.09. The molecule has 0 bridgehead atoms. The number of aromatic carboxylic acids is 1. The van der Waals surface area contributed by atoms with E-state index in [1.54, 1.807) is 0 Å². The van der Waals surface area contributed by atoms with Crippen LogP contribution in [-0.2, 0) is 6.54 Å². The molecule has 104 valence electrons. The van der Waals surface area contributed by atoms with Gasteiger partial charge >= 0.3 is 12.0 Å². The molecule has 0 unspecified atom stereocenters. The SMILES string of the molecule is O=C(NCc1ncon1)Nc1c(F)cccc1C(=O)O. The van der Waals surface area contributed by atoms with Crippen LogP contribution in [0.4, 0.5) is 14.9 Å². The summed E-state index contributed by atoms with van der Waals surface area (Å²) in [5.74, 6) is -1.97. The number of halogens is 1. The van der Waals surface area contributed by atoms with Crippen LogP contribution in [0, 0.1) is 5.82 Å². The first-order valence-corrected chi connectivity index (χ1v) is 5.40. The molecular formula is C11H9FN4O4. The van der Waals surface area contributed by atoms with Crippen molar-refractivity contribution in [3.63, 3.8) is 0 Å². The Morgan fingerprint density at radius 2 is 2.20 bits per heavy atom. The van der Waals surface area contributed by atoms with E-state index in [-0.39, 0.29) is 17.9 Å². The average molecular weight is 280 g/mol. The normalized spacial score (nSPS) is 10.1. The minimum atomic E-state index is -1.35. The highest BCUT2D eigenvalue weighted by Gasteiger charge is 2.16. The minimum absolute atomic E-state index is 0.0425. The molecule has 0 aliphatic rings. The highest BCUT2D eigenvalue weighted by molar-refractivity contribution is 6.00. The van der Waals surface area contributed by atoms with Crippen LogP contribution < -0.4 is 10.6 Å². The smallest absolute Gasteiger partial charge is 0.337 e. The third-order valence-corrected chi connectivity index (χ3v) is 2.30. The van der Waals surface area contributed by atoms with Gasteiger partial charge in [0.1, 0.15) is 5.82 Å². The number of urea groups is 1. The van der Waals surface area contributed by atoms with Crippen LogP contribution in [0.15, 0.2) is 29.1 Å². The van der Waals surface area contributed by atoms with Crippen molar-refractivity contribution >= 4 is 17.7 Å². The number of amides is 2. The first-order valence-electron chi connectivity index (χ1n) is 5.40. The molecule has 3 N–H and O–H groups in total. The van der Waals surface area contributed by atoms with Crippen molar-refractivity contribution in [1.29, 1.82) is 0 Å². The Kier molecular flexibility index (Phi) is 3.89. The monoisotopic (exact) mass is 280 g/mol. The summed E-state index contributed by atoms with van der Waals surface area (Å²) in [5, 5.41) is 16.8. The van der Waals surface area contributed by atoms with E-state index in [4.69, 9.17) is 5.11 Å². The number of nitrogens with one attached hydrogen (secondary N) is 2. The molecule has 0 aliphatic carbocycles. The predicted octanol–water partition coefficient (Wildman–Crippen LogP) is 1.23. The summed E-state index contributed by atoms with van der Waals surface area (Å²) in [6.45, 7) is -0.0425. The average Bonchev–Trinajstić information content (AvgIpc) is 2.91. The molecule has 0 aliphatic heterocycles. The van der Waals surface area contributed by atoms with Gasteiger partial charge in [0.05, 0.1) is 17.8 Å². The Morgan fingerprint density at radius 1 is 1.40 bits per heavy atom. The van der Waals surface area contributed by atoms with Crippen molar-refractivity contribution in [2.45, 2.75) is 6.54 Å². The van der Waals surface area contributed by atoms with E-state index in [1.165, 1.54) is 12.1 Å². The quantitative estimate of drug-likeness (QED) is 0.775. The molecule has 1 aromatic heterocycles. The van der Waals surface area contributed by atoms with Crippen molar-refractivity contribution in [3.8, 4) is 0 Å². The van der Waals surface area contributed by atoms with E-state index in [0.29, 0.717) is 0 Å². The van der Waals surface area contributed by atoms with Crippen LogP contribution in [0.5, 0.6) is 0 Å². The standard InChI is InChI=1S/C11H9FN4O4/c12-7-3-1-2-6(10(17)18)9(7)15-11(19)13-4-8-14-5-20-16-8/h1-3,5H,4H2,(H,17,18)(H2,13,15,19). The number of carboxylic acids is 1. The highest BCUT2D eigenvalue weighted by Crippen LogP contribution is 2.19. The summed E-state index contributed by atoms with van der Waals surface area (Å²) >= 11 is 0. The fraction of sp³-hybridized carbons (Fsp3) is 0.0909. The van der Waals surface area contributed by atoms with Crippen LogP contribution >= 0.6 is 0 Å². The van der Waals surface area contributed by atoms with Gasteiger partial charge in [-0.05, 0) is 12.1 Å². The van der Waals surface area contributed by atoms with Crippen LogP contribution in [0.1, 0.15) is 16.2 Å². The first kappa shape index (κ1) is 13.5. The van der Waals surface area contributed by atoms with E-state index in [9.17, 15) is 14.0 Å². The summed E-state index contributed by atoms with van der Waals surface area (Å²) in [6.07, 6.45) is 1.09. The second-order valence-corrected chi connectivity index (χ2v) is 3.62. The second-order valence-electron chi connectivity index (χ2n) is 3.62. The molecular weight excluding hydrogens is 271 g/mol. The molecule has 2 amide bonds. The molecule has 1 heterocycles. The van der Waals surface area contributed by atoms with Gasteiger partial charge in [0.25, 0.3) is 0 Å². The van der Waals surface area contributed by atoms with Gasteiger partial charge in [0.15, 0.2) is 5.82 Å². The molecule has 20 heavy (non-hydrogen) atoms. The van der Waals surface area contributed by atoms with Crippen LogP contribution in [0.25, 0.3) is 0 Å². The summed E-state index contributed by atoms with van der Waals surface area (Å²) in [5.41, 5.74) is -0.759. The zero-order valence-electron chi connectivity index (χ0n) is 9.96. The molecule has 8 nitrogen and oxygen atoms in total. The lowest BCUT2D eigenvalue weighted by molar-refractivity contribution is 0.0697. The molecule has 0 saturated heterocycles. The van der Waals surface area contributed by atoms with Gasteiger partial charge in [-0.15, -0.1) is 0 Å². The largest absolute Gasteiger partial charge is 0.478 e. The van der Waals surface area contributed by atoms with Gasteiger partial charge in [-0.2, -0.15) is 4.98 Å². The molecule has 0 saturated carbocycles. The van der Waals surface area contributed by atoms with Crippen molar-refractivity contribution in [3.05, 3.63) is 41.8 Å². The second kappa shape index (κ2) is 5.78. The fourth-order valence-electron chi connectivity index (χ4n) is 1.42. The number of para-hydroxylation sites is 1. The van der Waals surface area contributed by atoms with Gasteiger partial charge in [-0.1, -0.05) is 11.2 Å². The number of carbonyl (C=O) groups is 2. The van der Waals surface area contributed by atoms with Gasteiger partial charge < -0.3 is 20.3 Å². The molecule has 2 rings (SSSR count). The van der Waals surface area contributed by atoms with Crippen LogP contribution in [0.2, 0.25) is 0 Å². The summed E-state index contributed by atoms with van der Waals surface area (Å²) in [6, 6.07) is 2.67. The summed E-state index contributed by atoms with van der Waals surface area (Å²) < 4.78 is 18.0. The van der Waals surface area contributed by atoms with Crippen molar-refractivity contribution in [2.24, 2.45) is 0 Å². The van der Waals surface area contributed by atoms with E-state index < -0.39 is 23.5 Å². The maximum atomic E-state index is 13.5. The van der Waals surface area contributed by atoms with Crippen LogP contribution in [0.3, 0.4) is 0 Å². The summed E-state index contributed by atoms with van der Waals surface area (Å²) in [4.78, 5) is 26.2. The number of nitrogens with zero attached hydrogens (tertiary/aromatic N) is 2. The Morgan fingerprint density at radius 3 is 2.85 bits per heavy atom. The van der Waals surface area contributed by atoms with Crippen molar-refractivity contribution in [2.75, 3.05) is 5.32 Å². The van der Waals surface area contributed by atoms with Crippen molar-refractivity contribution in [1.82, 2.24) is 15.5 Å². The summed E-state index contributed by atoms with van der Waals surface area (Å²) in [7, 11) is 0. The van der Waals surface area contributed by atoms with E-state index in [2.05, 4.69) is 25.3 Å². The maximum absolute atomic E-state index is 13.5. The van der Waals surface area contributed by atoms with Crippen LogP contribution in [-0.4, -0.2) is 27.2 Å². The van der Waals surface area contributed by atoms with E-state index in [1.807, 2.05) is 0 Å². The number of anilines is 1. The molecule has 0 fully saturated rings. The number of benzene rings is 1. The molecule has 2 aromatic rings. The zero-order chi connectivity index (χ0) is 14.5. The van der Waals surface area contributed by atoms with Gasteiger partial charge in [0.2, 0.25) is 6.39 Å². The molecule has 1 aromatic carbocycles. The Labute approximate surface area is 111 Å². The Bertz CT molecular complexity index is 629. The topological polar surface area (TPSA) is 117 Å². The number of aromatic nitrogens is 2. The number of carboxylic acid groups (broad SMARTS) is 1. The maximum Gasteiger partial charge on any atom is 0.337 e. The molecule has 9 heteroatoms. The number of rotatable bonds is 4. The van der Waals surface area contributed by atoms with Gasteiger partial charge in [-0.25, -0.2) is 14.0 Å². The fourth-order valence-corrected chi connectivity index (χ4v) is 1.42. The molecule has 0 atom stereocenters. The van der Waals surface area contributed by atoms with E-state index >= 15 is 0 Å². The minimum Gasteiger partial charge on any atom is -0.478 e. The van der Waals surface area contributed by atoms with E-state index in [0.717, 1.165) is 12.5 Å². The number of hydrogen-bond acceptors (Lipinski definition) is 5. The Balaban J connectivity index is 2.06. The van der Waals surface area contributed by atoms with Crippen molar-refractivity contribution < 1.29 is 23.6 Å². The lowest BCUT2D eigenvalue weighted by Crippen LogP contribution is -2.29. The number of carbonyl (C=O) groups excluding carboxylic acids is 1. The zero-order valence-corrected chi connectivity index (χ0v) is 9.96. The Hall–Kier alpha value is -2.97. The third-order valence-electron chi connectivity index (χ3n) is 2.30. The molecule has 0 radical (unpaired) electrons. The molecule has 0 spiro atoms. The third kappa shape index (κ3) is 3.07. The highest BCUT2D eigenvalue weighted by atomic mass is 19.1. The first-order chi connectivity index (χ1) is 9.58. The van der Waals surface area contributed by atoms with Gasteiger partial charge in [0, 0.05) is 0 Å². The van der Waals surface area contributed by atoms with Gasteiger partial charge in [-0.3, -0.25) is 0 Å². The predicted molar refractivity (Wildman–Crippen MR) is 63.5 cm³/mol. The number of hydrogen-bond donors (Lipinski definition) is 3. The lowest BCUT2D eigenvalue weighted by atomic mass is 10.1.